The van der Waals surface area contributed by atoms with Gasteiger partial charge < -0.3 is 9.84 Å². The zero-order valence-electron chi connectivity index (χ0n) is 8.39. The van der Waals surface area contributed by atoms with Gasteiger partial charge in [0.05, 0.1) is 12.7 Å². The van der Waals surface area contributed by atoms with Gasteiger partial charge in [-0.3, -0.25) is 0 Å². The van der Waals surface area contributed by atoms with E-state index in [1.807, 2.05) is 18.2 Å². The lowest BCUT2D eigenvalue weighted by Crippen LogP contribution is -2.17. The molecule has 0 saturated heterocycles. The van der Waals surface area contributed by atoms with Crippen LogP contribution in [0.4, 0.5) is 0 Å². The summed E-state index contributed by atoms with van der Waals surface area (Å²) in [6.07, 6.45) is 0.791. The minimum Gasteiger partial charge on any atom is -0.390 e. The molecular weight excluding hydrogens is 176 g/mol. The lowest BCUT2D eigenvalue weighted by molar-refractivity contribution is 0.0494. The molecule has 0 heterocycles. The van der Waals surface area contributed by atoms with E-state index in [2.05, 4.69) is 12.1 Å². The fraction of sp³-hybridized carbons (Fsp3) is 0.500. The summed E-state index contributed by atoms with van der Waals surface area (Å²) >= 11 is 0. The van der Waals surface area contributed by atoms with Gasteiger partial charge in [-0.1, -0.05) is 30.3 Å². The van der Waals surface area contributed by atoms with E-state index in [1.54, 1.807) is 7.11 Å². The molecule has 1 aromatic rings. The molecule has 3 unspecified atom stereocenters. The SMILES string of the molecule is COCC(O)C1CC1c1ccccc1. The molecule has 0 bridgehead atoms. The van der Waals surface area contributed by atoms with Crippen LogP contribution in [0.2, 0.25) is 0 Å². The van der Waals surface area contributed by atoms with Crippen molar-refractivity contribution in [1.82, 2.24) is 0 Å². The van der Waals surface area contributed by atoms with Gasteiger partial charge in [0, 0.05) is 7.11 Å². The molecule has 1 N–H and O–H groups in total. The zero-order chi connectivity index (χ0) is 9.97. The topological polar surface area (TPSA) is 29.5 Å². The number of methoxy groups -OCH3 is 1. The van der Waals surface area contributed by atoms with Crippen LogP contribution in [0.1, 0.15) is 17.9 Å². The first kappa shape index (κ1) is 9.69. The Morgan fingerprint density at radius 3 is 2.79 bits per heavy atom. The number of hydrogen-bond donors (Lipinski definition) is 1. The van der Waals surface area contributed by atoms with E-state index in [1.165, 1.54) is 5.56 Å². The average Bonchev–Trinajstić information content (AvgIpc) is 2.99. The van der Waals surface area contributed by atoms with Crippen LogP contribution in [0.3, 0.4) is 0 Å². The van der Waals surface area contributed by atoms with E-state index in [4.69, 9.17) is 4.74 Å². The third kappa shape index (κ3) is 1.97. The Labute approximate surface area is 84.5 Å². The number of ether oxygens (including phenoxy) is 1. The number of benzene rings is 1. The van der Waals surface area contributed by atoms with Crippen molar-refractivity contribution >= 4 is 0 Å². The van der Waals surface area contributed by atoms with Crippen molar-refractivity contribution < 1.29 is 9.84 Å². The van der Waals surface area contributed by atoms with Crippen LogP contribution >= 0.6 is 0 Å². The molecule has 1 fully saturated rings. The number of aliphatic hydroxyl groups is 1. The summed E-state index contributed by atoms with van der Waals surface area (Å²) in [7, 11) is 1.63. The molecule has 2 rings (SSSR count). The Hall–Kier alpha value is -0.860. The van der Waals surface area contributed by atoms with Gasteiger partial charge >= 0.3 is 0 Å². The van der Waals surface area contributed by atoms with Gasteiger partial charge in [-0.25, -0.2) is 0 Å². The predicted molar refractivity (Wildman–Crippen MR) is 55.2 cm³/mol. The average molecular weight is 192 g/mol. The summed E-state index contributed by atoms with van der Waals surface area (Å²) in [6, 6.07) is 10.4. The van der Waals surface area contributed by atoms with Gasteiger partial charge in [-0.15, -0.1) is 0 Å². The first-order valence-electron chi connectivity index (χ1n) is 5.05. The van der Waals surface area contributed by atoms with Crippen molar-refractivity contribution in [3.63, 3.8) is 0 Å². The molecule has 1 aromatic carbocycles. The van der Waals surface area contributed by atoms with Crippen LogP contribution < -0.4 is 0 Å². The third-order valence-corrected chi connectivity index (χ3v) is 2.90. The Balaban J connectivity index is 1.93. The molecule has 1 saturated carbocycles. The summed E-state index contributed by atoms with van der Waals surface area (Å²) in [4.78, 5) is 0. The highest BCUT2D eigenvalue weighted by atomic mass is 16.5. The molecule has 2 nitrogen and oxygen atoms in total. The monoisotopic (exact) mass is 192 g/mol. The van der Waals surface area contributed by atoms with Gasteiger partial charge in [0.15, 0.2) is 0 Å². The molecule has 1 aliphatic rings. The second kappa shape index (κ2) is 4.11. The van der Waals surface area contributed by atoms with Crippen molar-refractivity contribution in [1.29, 1.82) is 0 Å². The van der Waals surface area contributed by atoms with E-state index >= 15 is 0 Å². The Bertz CT molecular complexity index is 284. The minimum atomic E-state index is -0.301. The Kier molecular flexibility index (Phi) is 2.85. The second-order valence-electron chi connectivity index (χ2n) is 3.94. The van der Waals surface area contributed by atoms with Crippen molar-refractivity contribution in [3.05, 3.63) is 35.9 Å². The summed E-state index contributed by atoms with van der Waals surface area (Å²) in [6.45, 7) is 0.452. The van der Waals surface area contributed by atoms with Gasteiger partial charge in [0.2, 0.25) is 0 Å². The van der Waals surface area contributed by atoms with Crippen LogP contribution in [-0.2, 0) is 4.74 Å². The van der Waals surface area contributed by atoms with Crippen LogP contribution in [-0.4, -0.2) is 24.9 Å². The fourth-order valence-electron chi connectivity index (χ4n) is 2.02. The standard InChI is InChI=1S/C12H16O2/c1-14-8-12(13)11-7-10(11)9-5-3-2-4-6-9/h2-6,10-13H,7-8H2,1H3. The predicted octanol–water partition coefficient (Wildman–Crippen LogP) is 1.80. The molecule has 1 aliphatic carbocycles. The summed E-state index contributed by atoms with van der Waals surface area (Å²) in [5.41, 5.74) is 1.34. The number of aliphatic hydroxyl groups excluding tert-OH is 1. The molecule has 2 heteroatoms. The highest BCUT2D eigenvalue weighted by molar-refractivity contribution is 5.26. The molecule has 0 radical (unpaired) electrons. The maximum Gasteiger partial charge on any atom is 0.0807 e. The second-order valence-corrected chi connectivity index (χ2v) is 3.94. The summed E-state index contributed by atoms with van der Waals surface area (Å²) in [5.74, 6) is 0.943. The lowest BCUT2D eigenvalue weighted by Gasteiger charge is -2.08. The highest BCUT2D eigenvalue weighted by Gasteiger charge is 2.42. The third-order valence-electron chi connectivity index (χ3n) is 2.90. The van der Waals surface area contributed by atoms with Gasteiger partial charge in [-0.2, -0.15) is 0 Å². The van der Waals surface area contributed by atoms with E-state index in [9.17, 15) is 5.11 Å². The highest BCUT2D eigenvalue weighted by Crippen LogP contribution is 2.49. The maximum atomic E-state index is 9.70. The number of rotatable bonds is 4. The molecule has 0 aliphatic heterocycles. The largest absolute Gasteiger partial charge is 0.390 e. The maximum absolute atomic E-state index is 9.70. The van der Waals surface area contributed by atoms with Crippen molar-refractivity contribution in [2.45, 2.75) is 18.4 Å². The van der Waals surface area contributed by atoms with Gasteiger partial charge in [-0.05, 0) is 23.8 Å². The Morgan fingerprint density at radius 2 is 2.14 bits per heavy atom. The van der Waals surface area contributed by atoms with Gasteiger partial charge in [0.25, 0.3) is 0 Å². The molecule has 0 amide bonds. The van der Waals surface area contributed by atoms with Crippen LogP contribution in [0.15, 0.2) is 30.3 Å². The van der Waals surface area contributed by atoms with Crippen molar-refractivity contribution in [2.75, 3.05) is 13.7 Å². The molecule has 14 heavy (non-hydrogen) atoms. The quantitative estimate of drug-likeness (QED) is 0.788. The smallest absolute Gasteiger partial charge is 0.0807 e. The van der Waals surface area contributed by atoms with Gasteiger partial charge in [0.1, 0.15) is 0 Å². The molecule has 0 aromatic heterocycles. The van der Waals surface area contributed by atoms with Crippen LogP contribution in [0.25, 0.3) is 0 Å². The molecule has 3 atom stereocenters. The first-order valence-corrected chi connectivity index (χ1v) is 5.05. The molecule has 76 valence electrons. The summed E-state index contributed by atoms with van der Waals surface area (Å²) < 4.78 is 4.94. The molecule has 0 spiro atoms. The van der Waals surface area contributed by atoms with Crippen LogP contribution in [0, 0.1) is 5.92 Å². The lowest BCUT2D eigenvalue weighted by atomic mass is 10.1. The summed E-state index contributed by atoms with van der Waals surface area (Å²) in [5, 5.41) is 9.70. The fourth-order valence-corrected chi connectivity index (χ4v) is 2.02. The zero-order valence-corrected chi connectivity index (χ0v) is 8.39. The Morgan fingerprint density at radius 1 is 1.43 bits per heavy atom. The molecular formula is C12H16O2. The van der Waals surface area contributed by atoms with E-state index in [-0.39, 0.29) is 6.10 Å². The van der Waals surface area contributed by atoms with E-state index in [0.29, 0.717) is 18.4 Å². The number of hydrogen-bond acceptors (Lipinski definition) is 2. The first-order chi connectivity index (χ1) is 6.83. The van der Waals surface area contributed by atoms with Crippen LogP contribution in [0.5, 0.6) is 0 Å². The van der Waals surface area contributed by atoms with Crippen molar-refractivity contribution in [3.8, 4) is 0 Å². The van der Waals surface area contributed by atoms with Crippen molar-refractivity contribution in [2.24, 2.45) is 5.92 Å². The van der Waals surface area contributed by atoms with E-state index in [0.717, 1.165) is 6.42 Å². The van der Waals surface area contributed by atoms with E-state index < -0.39 is 0 Å². The normalized spacial score (nSPS) is 27.3. The minimum absolute atomic E-state index is 0.301.